The summed E-state index contributed by atoms with van der Waals surface area (Å²) in [6, 6.07) is 12.4. The molecule has 9 atom stereocenters. The number of carbonyl (C=O) groups is 1. The van der Waals surface area contributed by atoms with Crippen LogP contribution in [0.1, 0.15) is 39.9 Å². The van der Waals surface area contributed by atoms with Crippen LogP contribution >= 0.6 is 21.6 Å². The average molecular weight is 700 g/mol. The number of nitrogens with two attached hydrogens (primary N) is 1. The van der Waals surface area contributed by atoms with Gasteiger partial charge in [0.2, 0.25) is 6.29 Å². The number of aromatic hydroxyl groups is 1. The highest BCUT2D eigenvalue weighted by Crippen LogP contribution is 2.49. The lowest BCUT2D eigenvalue weighted by Gasteiger charge is -2.51. The molecule has 0 spiro atoms. The van der Waals surface area contributed by atoms with E-state index >= 15 is 0 Å². The minimum Gasteiger partial charge on any atom is -0.506 e. The first-order valence-corrected chi connectivity index (χ1v) is 18.2. The number of rotatable bonds is 4. The van der Waals surface area contributed by atoms with Gasteiger partial charge in [-0.3, -0.25) is 4.79 Å². The molecule has 0 radical (unpaired) electrons. The fraction of sp³-hybridized carbons (Fsp3) is 0.457. The average Bonchev–Trinajstić information content (AvgIpc) is 3.07. The van der Waals surface area contributed by atoms with Gasteiger partial charge in [-0.15, -0.1) is 0 Å². The zero-order valence-electron chi connectivity index (χ0n) is 26.6. The Balaban J connectivity index is 1.52. The number of benzene rings is 3. The Hall–Kier alpha value is -2.85. The van der Waals surface area contributed by atoms with Crippen LogP contribution in [0, 0.1) is 12.8 Å². The molecule has 0 aromatic heterocycles. The Morgan fingerprint density at radius 1 is 1.10 bits per heavy atom. The summed E-state index contributed by atoms with van der Waals surface area (Å²) in [5, 5.41) is 68.3. The lowest BCUT2D eigenvalue weighted by Crippen LogP contribution is -2.68. The summed E-state index contributed by atoms with van der Waals surface area (Å²) in [5.41, 5.74) is 6.47. The van der Waals surface area contributed by atoms with Gasteiger partial charge >= 0.3 is 0 Å². The monoisotopic (exact) mass is 699 g/mol. The van der Waals surface area contributed by atoms with E-state index < -0.39 is 54.9 Å². The van der Waals surface area contributed by atoms with E-state index in [1.807, 2.05) is 30.3 Å². The van der Waals surface area contributed by atoms with Gasteiger partial charge in [0.25, 0.3) is 0 Å². The van der Waals surface area contributed by atoms with Crippen LogP contribution in [-0.2, 0) is 17.8 Å². The van der Waals surface area contributed by atoms with Crippen molar-refractivity contribution in [2.45, 2.75) is 80.4 Å². The number of ether oxygens (including phenoxy) is 3. The molecular formula is C35H41NO10S2. The standard InChI is InChI=1S/C35H41NO10S2/c1-17-12-20-21(16-37)24(44-2)15-25-28(20)29(39)27(17)23(38)9-11-47-48-26(13-18-6-4-3-5-7-18)22-14-19(36)8-10-35(22,43)33-31(41)30(40)32(42)34(45-25)46-33/h3-8,10,12,15,19,22,26,30-34,37,39-43H,9,11,13-14,16,36H2,1-2H3/t19-,22+,26+,30-,31-,32+,33+,34-,35-/m0/s1. The number of methoxy groups -OCH3 is 1. The first-order chi connectivity index (χ1) is 23.0. The van der Waals surface area contributed by atoms with Gasteiger partial charge in [-0.2, -0.15) is 0 Å². The van der Waals surface area contributed by atoms with E-state index in [4.69, 9.17) is 19.9 Å². The third kappa shape index (κ3) is 6.32. The number of carbonyl (C=O) groups excluding carboxylic acids is 1. The van der Waals surface area contributed by atoms with Crippen LogP contribution in [0.4, 0.5) is 0 Å². The van der Waals surface area contributed by atoms with Crippen LogP contribution in [0.25, 0.3) is 10.8 Å². The predicted octanol–water partition coefficient (Wildman–Crippen LogP) is 2.75. The normalized spacial score (nSPS) is 32.5. The molecule has 4 bridgehead atoms. The van der Waals surface area contributed by atoms with Crippen LogP contribution in [0.15, 0.2) is 54.6 Å². The zero-order chi connectivity index (χ0) is 34.3. The van der Waals surface area contributed by atoms with Gasteiger partial charge in [0.05, 0.1) is 24.7 Å². The number of aliphatic hydroxyl groups excluding tert-OH is 4. The Morgan fingerprint density at radius 2 is 1.85 bits per heavy atom. The summed E-state index contributed by atoms with van der Waals surface area (Å²) in [5.74, 6) is -0.751. The Morgan fingerprint density at radius 3 is 2.56 bits per heavy atom. The summed E-state index contributed by atoms with van der Waals surface area (Å²) in [4.78, 5) is 13.7. The van der Waals surface area contributed by atoms with Crippen molar-refractivity contribution in [3.8, 4) is 17.2 Å². The predicted molar refractivity (Wildman–Crippen MR) is 183 cm³/mol. The van der Waals surface area contributed by atoms with E-state index in [1.165, 1.54) is 40.8 Å². The second-order valence-electron chi connectivity index (χ2n) is 12.6. The fourth-order valence-electron chi connectivity index (χ4n) is 7.14. The van der Waals surface area contributed by atoms with E-state index in [9.17, 15) is 35.4 Å². The Bertz CT molecular complexity index is 1690. The molecule has 48 heavy (non-hydrogen) atoms. The molecule has 2 heterocycles. The van der Waals surface area contributed by atoms with Crippen LogP contribution < -0.4 is 15.2 Å². The van der Waals surface area contributed by atoms with E-state index in [1.54, 1.807) is 19.1 Å². The molecule has 0 amide bonds. The second-order valence-corrected chi connectivity index (χ2v) is 15.4. The van der Waals surface area contributed by atoms with Crippen molar-refractivity contribution in [1.82, 2.24) is 0 Å². The maximum absolute atomic E-state index is 13.7. The molecule has 3 aromatic rings. The molecule has 258 valence electrons. The third-order valence-corrected chi connectivity index (χ3v) is 12.5. The van der Waals surface area contributed by atoms with E-state index in [-0.39, 0.29) is 45.7 Å². The summed E-state index contributed by atoms with van der Waals surface area (Å²) in [7, 11) is 4.35. The lowest BCUT2D eigenvalue weighted by atomic mass is 9.69. The number of Topliss-reactive ketones (excluding diaryl/α,β-unsaturated/α-hetero) is 1. The fourth-order valence-corrected chi connectivity index (χ4v) is 10.1. The number of ketones is 1. The van der Waals surface area contributed by atoms with Gasteiger partial charge in [0.1, 0.15) is 47.3 Å². The Kier molecular flexibility index (Phi) is 10.3. The number of aryl methyl sites for hydroxylation is 1. The van der Waals surface area contributed by atoms with Crippen molar-refractivity contribution in [2.24, 2.45) is 11.7 Å². The quantitative estimate of drug-likeness (QED) is 0.156. The summed E-state index contributed by atoms with van der Waals surface area (Å²) < 4.78 is 18.0. The van der Waals surface area contributed by atoms with Crippen LogP contribution in [0.2, 0.25) is 0 Å². The minimum atomic E-state index is -1.87. The van der Waals surface area contributed by atoms with E-state index in [2.05, 4.69) is 0 Å². The van der Waals surface area contributed by atoms with Gasteiger partial charge < -0.3 is 50.6 Å². The van der Waals surface area contributed by atoms with Gasteiger partial charge in [-0.25, -0.2) is 0 Å². The summed E-state index contributed by atoms with van der Waals surface area (Å²) in [6.45, 7) is 1.24. The molecule has 0 saturated carbocycles. The van der Waals surface area contributed by atoms with Crippen molar-refractivity contribution >= 4 is 38.1 Å². The van der Waals surface area contributed by atoms with Gasteiger partial charge in [0.15, 0.2) is 5.78 Å². The number of phenolic OH excluding ortho intramolecular Hbond substituents is 1. The third-order valence-electron chi connectivity index (χ3n) is 9.62. The van der Waals surface area contributed by atoms with Crippen LogP contribution in [0.5, 0.6) is 17.2 Å². The van der Waals surface area contributed by atoms with E-state index in [0.717, 1.165) is 5.56 Å². The maximum atomic E-state index is 13.7. The Labute approximate surface area is 286 Å². The first kappa shape index (κ1) is 35.0. The molecule has 1 saturated heterocycles. The molecule has 11 nitrogen and oxygen atoms in total. The lowest BCUT2D eigenvalue weighted by molar-refractivity contribution is -0.304. The number of aliphatic hydroxyl groups is 5. The largest absolute Gasteiger partial charge is 0.506 e. The van der Waals surface area contributed by atoms with Gasteiger partial charge in [-0.1, -0.05) is 64.1 Å². The molecule has 8 N–H and O–H groups in total. The SMILES string of the molecule is COc1cc2c3c(O)c(c(C)cc3c1CO)C(=O)CCSS[C@H](Cc1ccccc1)[C@H]1C[C@@H](N)C=C[C@@]1(O)[C@@H]1O[C@H](O2)[C@H](O)[C@@H](O)[C@@H]1O. The topological polar surface area (TPSA) is 192 Å². The highest BCUT2D eigenvalue weighted by molar-refractivity contribution is 8.76. The van der Waals surface area contributed by atoms with Crippen LogP contribution in [-0.4, -0.2) is 96.9 Å². The highest BCUT2D eigenvalue weighted by atomic mass is 33.1. The molecule has 2 aliphatic heterocycles. The number of hydrogen-bond acceptors (Lipinski definition) is 13. The molecular weight excluding hydrogens is 659 g/mol. The molecule has 3 aromatic carbocycles. The van der Waals surface area contributed by atoms with Crippen molar-refractivity contribution in [2.75, 3.05) is 12.9 Å². The van der Waals surface area contributed by atoms with Crippen molar-refractivity contribution in [3.05, 3.63) is 76.9 Å². The molecule has 0 unspecified atom stereocenters. The molecule has 6 rings (SSSR count). The van der Waals surface area contributed by atoms with Gasteiger partial charge in [0, 0.05) is 41.0 Å². The molecule has 13 heteroatoms. The summed E-state index contributed by atoms with van der Waals surface area (Å²) >= 11 is 0. The van der Waals surface area contributed by atoms with Crippen molar-refractivity contribution in [1.29, 1.82) is 0 Å². The maximum Gasteiger partial charge on any atom is 0.229 e. The zero-order valence-corrected chi connectivity index (χ0v) is 28.2. The second kappa shape index (κ2) is 14.2. The van der Waals surface area contributed by atoms with Crippen LogP contribution in [0.3, 0.4) is 0 Å². The molecule has 3 aliphatic rings. The smallest absolute Gasteiger partial charge is 0.229 e. The number of phenols is 1. The van der Waals surface area contributed by atoms with E-state index in [0.29, 0.717) is 35.1 Å². The van der Waals surface area contributed by atoms with Crippen molar-refractivity contribution in [3.63, 3.8) is 0 Å². The summed E-state index contributed by atoms with van der Waals surface area (Å²) in [6.07, 6.45) is -4.34. The molecule has 1 fully saturated rings. The first-order valence-electron chi connectivity index (χ1n) is 15.8. The molecule has 1 aliphatic carbocycles. The minimum absolute atomic E-state index is 0.0685. The van der Waals surface area contributed by atoms with Gasteiger partial charge in [-0.05, 0) is 42.3 Å². The highest BCUT2D eigenvalue weighted by Gasteiger charge is 2.57. The van der Waals surface area contributed by atoms with Crippen molar-refractivity contribution < 1.29 is 49.6 Å². The number of hydrogen-bond donors (Lipinski definition) is 7. The number of fused-ring (bicyclic) bond motifs is 5.